The third kappa shape index (κ3) is 3.04. The highest BCUT2D eigenvalue weighted by Crippen LogP contribution is 2.12. The summed E-state index contributed by atoms with van der Waals surface area (Å²) in [5.41, 5.74) is 1.05. The zero-order valence-electron chi connectivity index (χ0n) is 10.6. The van der Waals surface area contributed by atoms with Crippen molar-refractivity contribution >= 4 is 0 Å². The number of hydrogen-bond acceptors (Lipinski definition) is 5. The molecule has 0 atom stereocenters. The number of methoxy groups -OCH3 is 1. The van der Waals surface area contributed by atoms with Gasteiger partial charge in [0.1, 0.15) is 12.2 Å². The second-order valence-corrected chi connectivity index (χ2v) is 3.96. The van der Waals surface area contributed by atoms with Crippen LogP contribution in [0.5, 0.6) is 5.88 Å². The van der Waals surface area contributed by atoms with Crippen LogP contribution in [0.2, 0.25) is 0 Å². The van der Waals surface area contributed by atoms with Crippen molar-refractivity contribution in [1.82, 2.24) is 25.1 Å². The number of nitrogens with one attached hydrogen (secondary N) is 1. The maximum Gasteiger partial charge on any atom is 0.217 e. The van der Waals surface area contributed by atoms with Gasteiger partial charge in [0, 0.05) is 38.3 Å². The molecular formula is C12H17N5O. The van der Waals surface area contributed by atoms with E-state index >= 15 is 0 Å². The quantitative estimate of drug-likeness (QED) is 0.755. The molecule has 0 fully saturated rings. The Morgan fingerprint density at radius 2 is 2.33 bits per heavy atom. The number of nitrogens with zero attached hydrogens (tertiary/aromatic N) is 4. The highest BCUT2D eigenvalue weighted by molar-refractivity contribution is 5.24. The van der Waals surface area contributed by atoms with Gasteiger partial charge in [-0.1, -0.05) is 6.07 Å². The van der Waals surface area contributed by atoms with Gasteiger partial charge in [-0.05, 0) is 6.07 Å². The van der Waals surface area contributed by atoms with Gasteiger partial charge in [0.05, 0.1) is 7.11 Å². The Labute approximate surface area is 106 Å². The number of aryl methyl sites for hydroxylation is 1. The molecule has 0 radical (unpaired) electrons. The maximum absolute atomic E-state index is 5.19. The van der Waals surface area contributed by atoms with Crippen LogP contribution in [0, 0.1) is 0 Å². The van der Waals surface area contributed by atoms with E-state index in [-0.39, 0.29) is 0 Å². The van der Waals surface area contributed by atoms with Crippen molar-refractivity contribution in [2.75, 3.05) is 13.7 Å². The van der Waals surface area contributed by atoms with Crippen molar-refractivity contribution in [3.05, 3.63) is 36.0 Å². The van der Waals surface area contributed by atoms with E-state index < -0.39 is 0 Å². The molecule has 2 heterocycles. The molecule has 2 aromatic heterocycles. The second kappa shape index (κ2) is 6.11. The van der Waals surface area contributed by atoms with Crippen LogP contribution >= 0.6 is 0 Å². The Morgan fingerprint density at radius 3 is 3.06 bits per heavy atom. The summed E-state index contributed by atoms with van der Waals surface area (Å²) in [7, 11) is 3.57. The summed E-state index contributed by atoms with van der Waals surface area (Å²) >= 11 is 0. The summed E-state index contributed by atoms with van der Waals surface area (Å²) in [5, 5.41) is 11.2. The van der Waals surface area contributed by atoms with Crippen molar-refractivity contribution in [3.63, 3.8) is 0 Å². The van der Waals surface area contributed by atoms with Gasteiger partial charge in [-0.25, -0.2) is 4.98 Å². The summed E-state index contributed by atoms with van der Waals surface area (Å²) < 4.78 is 7.11. The Bertz CT molecular complexity index is 497. The monoisotopic (exact) mass is 247 g/mol. The van der Waals surface area contributed by atoms with Crippen LogP contribution in [0.15, 0.2) is 24.7 Å². The third-order valence-electron chi connectivity index (χ3n) is 2.69. The van der Waals surface area contributed by atoms with Crippen LogP contribution in [0.1, 0.15) is 11.4 Å². The molecule has 1 N–H and O–H groups in total. The van der Waals surface area contributed by atoms with Gasteiger partial charge in [-0.2, -0.15) is 0 Å². The normalized spacial score (nSPS) is 10.6. The predicted molar refractivity (Wildman–Crippen MR) is 67.2 cm³/mol. The lowest BCUT2D eigenvalue weighted by molar-refractivity contribution is 0.390. The highest BCUT2D eigenvalue weighted by Gasteiger charge is 2.03. The van der Waals surface area contributed by atoms with Gasteiger partial charge < -0.3 is 14.6 Å². The molecule has 0 aliphatic carbocycles. The first-order valence-electron chi connectivity index (χ1n) is 5.82. The standard InChI is InChI=1S/C12H17N5O/c1-17-9-15-16-11(17)5-7-13-8-10-4-3-6-14-12(10)18-2/h3-4,6,9,13H,5,7-8H2,1-2H3. The van der Waals surface area contributed by atoms with Gasteiger partial charge in [0.25, 0.3) is 0 Å². The van der Waals surface area contributed by atoms with Crippen LogP contribution in [0.4, 0.5) is 0 Å². The van der Waals surface area contributed by atoms with E-state index in [1.54, 1.807) is 19.6 Å². The number of aromatic nitrogens is 4. The van der Waals surface area contributed by atoms with E-state index in [1.807, 2.05) is 23.7 Å². The minimum atomic E-state index is 0.670. The summed E-state index contributed by atoms with van der Waals surface area (Å²) in [4.78, 5) is 4.15. The van der Waals surface area contributed by atoms with Crippen LogP contribution in [-0.2, 0) is 20.0 Å². The van der Waals surface area contributed by atoms with E-state index in [0.29, 0.717) is 5.88 Å². The molecule has 0 saturated heterocycles. The summed E-state index contributed by atoms with van der Waals surface area (Å²) in [5.74, 6) is 1.64. The molecule has 0 aliphatic heterocycles. The highest BCUT2D eigenvalue weighted by atomic mass is 16.5. The SMILES string of the molecule is COc1ncccc1CNCCc1nncn1C. The van der Waals surface area contributed by atoms with Crippen molar-refractivity contribution in [2.24, 2.45) is 7.05 Å². The topological polar surface area (TPSA) is 64.9 Å². The average molecular weight is 247 g/mol. The first-order chi connectivity index (χ1) is 8.81. The minimum Gasteiger partial charge on any atom is -0.481 e. The molecule has 0 saturated carbocycles. The maximum atomic E-state index is 5.19. The molecule has 0 bridgehead atoms. The lowest BCUT2D eigenvalue weighted by atomic mass is 10.2. The van der Waals surface area contributed by atoms with Gasteiger partial charge in [-0.15, -0.1) is 10.2 Å². The van der Waals surface area contributed by atoms with Gasteiger partial charge >= 0.3 is 0 Å². The van der Waals surface area contributed by atoms with Gasteiger partial charge in [0.2, 0.25) is 5.88 Å². The summed E-state index contributed by atoms with van der Waals surface area (Å²) in [6, 6.07) is 3.91. The predicted octanol–water partition coefficient (Wildman–Crippen LogP) is 0.551. The summed E-state index contributed by atoms with van der Waals surface area (Å²) in [6.07, 6.45) is 4.28. The fourth-order valence-corrected chi connectivity index (χ4v) is 1.70. The largest absolute Gasteiger partial charge is 0.481 e. The van der Waals surface area contributed by atoms with E-state index in [0.717, 1.165) is 30.9 Å². The molecule has 0 aromatic carbocycles. The molecule has 0 spiro atoms. The zero-order valence-corrected chi connectivity index (χ0v) is 10.6. The molecule has 0 aliphatic rings. The molecule has 18 heavy (non-hydrogen) atoms. The average Bonchev–Trinajstić information content (AvgIpc) is 2.81. The molecule has 6 heteroatoms. The number of ether oxygens (including phenoxy) is 1. The Hall–Kier alpha value is -1.95. The van der Waals surface area contributed by atoms with Gasteiger partial charge in [-0.3, -0.25) is 0 Å². The number of hydrogen-bond donors (Lipinski definition) is 1. The van der Waals surface area contributed by atoms with Gasteiger partial charge in [0.15, 0.2) is 0 Å². The Morgan fingerprint density at radius 1 is 1.44 bits per heavy atom. The van der Waals surface area contributed by atoms with Crippen LogP contribution in [0.3, 0.4) is 0 Å². The fourth-order valence-electron chi connectivity index (χ4n) is 1.70. The van der Waals surface area contributed by atoms with E-state index in [9.17, 15) is 0 Å². The van der Waals surface area contributed by atoms with E-state index in [1.165, 1.54) is 0 Å². The van der Waals surface area contributed by atoms with Crippen molar-refractivity contribution in [2.45, 2.75) is 13.0 Å². The van der Waals surface area contributed by atoms with Crippen LogP contribution in [-0.4, -0.2) is 33.4 Å². The minimum absolute atomic E-state index is 0.670. The molecule has 0 amide bonds. The fraction of sp³-hybridized carbons (Fsp3) is 0.417. The molecule has 2 aromatic rings. The first-order valence-corrected chi connectivity index (χ1v) is 5.82. The van der Waals surface area contributed by atoms with Crippen LogP contribution < -0.4 is 10.1 Å². The number of rotatable bonds is 6. The molecule has 0 unspecified atom stereocenters. The molecule has 96 valence electrons. The zero-order chi connectivity index (χ0) is 12.8. The molecule has 2 rings (SSSR count). The lowest BCUT2D eigenvalue weighted by Gasteiger charge is -2.08. The first kappa shape index (κ1) is 12.5. The molecule has 6 nitrogen and oxygen atoms in total. The van der Waals surface area contributed by atoms with E-state index in [4.69, 9.17) is 4.74 Å². The smallest absolute Gasteiger partial charge is 0.217 e. The van der Waals surface area contributed by atoms with Crippen LogP contribution in [0.25, 0.3) is 0 Å². The Balaban J connectivity index is 1.80. The number of pyridine rings is 1. The molecular weight excluding hydrogens is 230 g/mol. The summed E-state index contributed by atoms with van der Waals surface area (Å²) in [6.45, 7) is 1.57. The van der Waals surface area contributed by atoms with E-state index in [2.05, 4.69) is 20.5 Å². The van der Waals surface area contributed by atoms with Crippen molar-refractivity contribution in [3.8, 4) is 5.88 Å². The van der Waals surface area contributed by atoms with Crippen molar-refractivity contribution in [1.29, 1.82) is 0 Å². The Kier molecular flexibility index (Phi) is 4.25. The third-order valence-corrected chi connectivity index (χ3v) is 2.69. The lowest BCUT2D eigenvalue weighted by Crippen LogP contribution is -2.18. The van der Waals surface area contributed by atoms with Crippen molar-refractivity contribution < 1.29 is 4.74 Å². The second-order valence-electron chi connectivity index (χ2n) is 3.96.